The molecule has 0 atom stereocenters. The number of carbonyl (C=O) groups is 2. The molecule has 3 aromatic carbocycles. The van der Waals surface area contributed by atoms with E-state index in [1.54, 1.807) is 85.4 Å². The number of hydrazone groups is 1. The summed E-state index contributed by atoms with van der Waals surface area (Å²) >= 11 is 0. The fraction of sp³-hybridized carbons (Fsp3) is 0.111. The quantitative estimate of drug-likeness (QED) is 0.230. The van der Waals surface area contributed by atoms with Gasteiger partial charge in [-0.1, -0.05) is 48.5 Å². The van der Waals surface area contributed by atoms with Crippen molar-refractivity contribution in [1.82, 2.24) is 14.8 Å². The van der Waals surface area contributed by atoms with Crippen LogP contribution in [0.5, 0.6) is 5.75 Å². The fourth-order valence-electron chi connectivity index (χ4n) is 3.56. The largest absolute Gasteiger partial charge is 0.489 e. The molecule has 0 saturated carbocycles. The molecule has 0 aliphatic rings. The topological polar surface area (TPSA) is 107 Å². The Labute approximate surface area is 211 Å². The van der Waals surface area contributed by atoms with E-state index in [2.05, 4.69) is 15.8 Å². The predicted molar refractivity (Wildman–Crippen MR) is 137 cm³/mol. The van der Waals surface area contributed by atoms with Gasteiger partial charge in [0.05, 0.1) is 17.6 Å². The SMILES string of the molecule is Cc1c(NC(=O)C(=O)N/N=C/c2cccc(OCc3ccccc3F)c2)c(=O)n(-c2ccccc2)n1C. The highest BCUT2D eigenvalue weighted by Crippen LogP contribution is 2.16. The van der Waals surface area contributed by atoms with Gasteiger partial charge in [0.25, 0.3) is 5.56 Å². The van der Waals surface area contributed by atoms with Gasteiger partial charge in [-0.05, 0) is 42.8 Å². The Kier molecular flexibility index (Phi) is 7.58. The summed E-state index contributed by atoms with van der Waals surface area (Å²) in [4.78, 5) is 37.6. The van der Waals surface area contributed by atoms with Crippen LogP contribution in [0.4, 0.5) is 10.1 Å². The van der Waals surface area contributed by atoms with Crippen LogP contribution in [0.2, 0.25) is 0 Å². The van der Waals surface area contributed by atoms with E-state index in [-0.39, 0.29) is 18.1 Å². The Hall–Kier alpha value is -4.99. The summed E-state index contributed by atoms with van der Waals surface area (Å²) in [6.45, 7) is 1.71. The van der Waals surface area contributed by atoms with E-state index < -0.39 is 17.4 Å². The average molecular weight is 502 g/mol. The molecule has 4 aromatic rings. The van der Waals surface area contributed by atoms with Gasteiger partial charge in [-0.15, -0.1) is 0 Å². The molecule has 10 heteroatoms. The number of para-hydroxylation sites is 1. The lowest BCUT2D eigenvalue weighted by molar-refractivity contribution is -0.136. The summed E-state index contributed by atoms with van der Waals surface area (Å²) in [6, 6.07) is 22.0. The lowest BCUT2D eigenvalue weighted by atomic mass is 10.2. The smallest absolute Gasteiger partial charge is 0.329 e. The number of rotatable bonds is 7. The van der Waals surface area contributed by atoms with Gasteiger partial charge in [-0.25, -0.2) is 14.5 Å². The van der Waals surface area contributed by atoms with Crippen LogP contribution >= 0.6 is 0 Å². The number of ether oxygens (including phenoxy) is 1. The number of nitrogens with one attached hydrogen (secondary N) is 2. The third-order valence-electron chi connectivity index (χ3n) is 5.59. The van der Waals surface area contributed by atoms with Crippen molar-refractivity contribution in [3.63, 3.8) is 0 Å². The number of benzene rings is 3. The van der Waals surface area contributed by atoms with Crippen molar-refractivity contribution in [2.45, 2.75) is 13.5 Å². The summed E-state index contributed by atoms with van der Waals surface area (Å²) < 4.78 is 22.4. The van der Waals surface area contributed by atoms with Gasteiger partial charge in [-0.2, -0.15) is 5.10 Å². The van der Waals surface area contributed by atoms with Gasteiger partial charge < -0.3 is 10.1 Å². The zero-order valence-electron chi connectivity index (χ0n) is 20.1. The molecule has 2 N–H and O–H groups in total. The van der Waals surface area contributed by atoms with Crippen LogP contribution in [0.25, 0.3) is 5.69 Å². The predicted octanol–water partition coefficient (Wildman–Crippen LogP) is 3.29. The number of hydrogen-bond acceptors (Lipinski definition) is 5. The summed E-state index contributed by atoms with van der Waals surface area (Å²) in [5, 5.41) is 6.18. The molecule has 37 heavy (non-hydrogen) atoms. The first-order valence-corrected chi connectivity index (χ1v) is 11.3. The maximum absolute atomic E-state index is 13.8. The maximum atomic E-state index is 13.8. The van der Waals surface area contributed by atoms with Crippen LogP contribution in [0.3, 0.4) is 0 Å². The standard InChI is InChI=1S/C27H24FN5O4/c1-18-24(27(36)33(32(18)2)21-11-4-3-5-12-21)30-25(34)26(35)31-29-16-19-9-8-13-22(15-19)37-17-20-10-6-7-14-23(20)28/h3-16H,17H2,1-2H3,(H,30,34)(H,31,35)/b29-16+. The maximum Gasteiger partial charge on any atom is 0.329 e. The lowest BCUT2D eigenvalue weighted by Crippen LogP contribution is -2.34. The van der Waals surface area contributed by atoms with Crippen molar-refractivity contribution >= 4 is 23.7 Å². The molecule has 0 spiro atoms. The minimum absolute atomic E-state index is 0.00446. The summed E-state index contributed by atoms with van der Waals surface area (Å²) in [6.07, 6.45) is 1.33. The number of anilines is 1. The molecule has 1 aromatic heterocycles. The molecule has 0 saturated heterocycles. The molecular formula is C27H24FN5O4. The van der Waals surface area contributed by atoms with Gasteiger partial charge in [0.1, 0.15) is 23.9 Å². The van der Waals surface area contributed by atoms with Crippen LogP contribution in [0.1, 0.15) is 16.8 Å². The first-order chi connectivity index (χ1) is 17.8. The van der Waals surface area contributed by atoms with Gasteiger partial charge in [-0.3, -0.25) is 19.1 Å². The molecule has 9 nitrogen and oxygen atoms in total. The second kappa shape index (κ2) is 11.2. The Morgan fingerprint density at radius 1 is 1.00 bits per heavy atom. The van der Waals surface area contributed by atoms with E-state index >= 15 is 0 Å². The average Bonchev–Trinajstić information content (AvgIpc) is 3.11. The highest BCUT2D eigenvalue weighted by Gasteiger charge is 2.21. The molecule has 0 fully saturated rings. The molecule has 0 radical (unpaired) electrons. The van der Waals surface area contributed by atoms with Crippen LogP contribution in [-0.4, -0.2) is 27.4 Å². The molecule has 2 amide bonds. The van der Waals surface area contributed by atoms with Crippen LogP contribution in [0.15, 0.2) is 88.8 Å². The zero-order valence-corrected chi connectivity index (χ0v) is 20.1. The van der Waals surface area contributed by atoms with Gasteiger partial charge in [0, 0.05) is 12.6 Å². The Bertz CT molecular complexity index is 1530. The van der Waals surface area contributed by atoms with Gasteiger partial charge in [0.15, 0.2) is 0 Å². The number of halogens is 1. The van der Waals surface area contributed by atoms with Crippen molar-refractivity contribution < 1.29 is 18.7 Å². The molecule has 0 unspecified atom stereocenters. The van der Waals surface area contributed by atoms with Crippen LogP contribution in [-0.2, 0) is 23.2 Å². The first kappa shape index (κ1) is 25.1. The number of carbonyl (C=O) groups excluding carboxylic acids is 2. The third kappa shape index (κ3) is 5.81. The fourth-order valence-corrected chi connectivity index (χ4v) is 3.56. The summed E-state index contributed by atoms with van der Waals surface area (Å²) in [7, 11) is 1.68. The van der Waals surface area contributed by atoms with E-state index in [9.17, 15) is 18.8 Å². The number of aromatic nitrogens is 2. The number of amides is 2. The number of nitrogens with zero attached hydrogens (tertiary/aromatic N) is 3. The van der Waals surface area contributed by atoms with Gasteiger partial charge >= 0.3 is 11.8 Å². The second-order valence-electron chi connectivity index (χ2n) is 8.04. The summed E-state index contributed by atoms with van der Waals surface area (Å²) in [5.74, 6) is -1.96. The minimum Gasteiger partial charge on any atom is -0.489 e. The molecular weight excluding hydrogens is 477 g/mol. The van der Waals surface area contributed by atoms with Crippen LogP contribution < -0.4 is 21.0 Å². The zero-order chi connectivity index (χ0) is 26.4. The highest BCUT2D eigenvalue weighted by atomic mass is 19.1. The van der Waals surface area contributed by atoms with Crippen molar-refractivity contribution in [3.8, 4) is 11.4 Å². The van der Waals surface area contributed by atoms with E-state index in [1.807, 2.05) is 6.07 Å². The Balaban J connectivity index is 1.37. The van der Waals surface area contributed by atoms with E-state index in [4.69, 9.17) is 4.74 Å². The van der Waals surface area contributed by atoms with Gasteiger partial charge in [0.2, 0.25) is 0 Å². The van der Waals surface area contributed by atoms with E-state index in [0.29, 0.717) is 28.3 Å². The van der Waals surface area contributed by atoms with Crippen molar-refractivity contribution in [3.05, 3.63) is 112 Å². The molecule has 0 aliphatic heterocycles. The molecule has 0 aliphatic carbocycles. The molecule has 1 heterocycles. The Morgan fingerprint density at radius 3 is 2.49 bits per heavy atom. The lowest BCUT2D eigenvalue weighted by Gasteiger charge is -2.07. The van der Waals surface area contributed by atoms with Crippen molar-refractivity contribution in [1.29, 1.82) is 0 Å². The monoisotopic (exact) mass is 501 g/mol. The molecule has 188 valence electrons. The minimum atomic E-state index is -1.04. The van der Waals surface area contributed by atoms with E-state index in [1.165, 1.54) is 17.0 Å². The first-order valence-electron chi connectivity index (χ1n) is 11.3. The molecule has 0 bridgehead atoms. The van der Waals surface area contributed by atoms with Crippen LogP contribution in [0, 0.1) is 12.7 Å². The summed E-state index contributed by atoms with van der Waals surface area (Å²) in [5.41, 5.74) is 3.76. The molecule has 4 rings (SSSR count). The van der Waals surface area contributed by atoms with E-state index in [0.717, 1.165) is 0 Å². The highest BCUT2D eigenvalue weighted by molar-refractivity contribution is 6.39. The third-order valence-corrected chi connectivity index (χ3v) is 5.59. The second-order valence-corrected chi connectivity index (χ2v) is 8.04. The Morgan fingerprint density at radius 2 is 1.73 bits per heavy atom. The normalized spacial score (nSPS) is 10.9. The van der Waals surface area contributed by atoms with Crippen molar-refractivity contribution in [2.75, 3.05) is 5.32 Å². The van der Waals surface area contributed by atoms with Crippen molar-refractivity contribution in [2.24, 2.45) is 12.1 Å². The number of hydrogen-bond donors (Lipinski definition) is 2.